The number of carbonyl (C=O) groups excluding carboxylic acids is 3. The van der Waals surface area contributed by atoms with E-state index in [9.17, 15) is 14.4 Å². The first-order valence-corrected chi connectivity index (χ1v) is 9.68. The zero-order chi connectivity index (χ0) is 20.5. The maximum Gasteiger partial charge on any atom is 0.315 e. The number of fused-ring (bicyclic) bond motifs is 1. The van der Waals surface area contributed by atoms with Gasteiger partial charge in [-0.1, -0.05) is 23.8 Å². The van der Waals surface area contributed by atoms with E-state index in [1.54, 1.807) is 23.1 Å². The molecule has 7 heteroatoms. The maximum atomic E-state index is 12.6. The minimum absolute atomic E-state index is 0.0996. The molecular weight excluding hydrogens is 370 g/mol. The summed E-state index contributed by atoms with van der Waals surface area (Å²) in [6.07, 6.45) is 0.228. The molecule has 7 nitrogen and oxygen atoms in total. The Morgan fingerprint density at radius 1 is 1.10 bits per heavy atom. The number of benzene rings is 2. The van der Waals surface area contributed by atoms with E-state index in [1.807, 2.05) is 13.8 Å². The van der Waals surface area contributed by atoms with Crippen molar-refractivity contribution in [2.75, 3.05) is 29.9 Å². The molecule has 0 aromatic heterocycles. The van der Waals surface area contributed by atoms with Crippen molar-refractivity contribution in [2.45, 2.75) is 26.3 Å². The molecule has 2 aromatic carbocycles. The average Bonchev–Trinajstić information content (AvgIpc) is 3.07. The summed E-state index contributed by atoms with van der Waals surface area (Å²) in [6, 6.07) is 13.4. The van der Waals surface area contributed by atoms with Gasteiger partial charge in [0.25, 0.3) is 0 Å². The second-order valence-electron chi connectivity index (χ2n) is 7.56. The van der Waals surface area contributed by atoms with Gasteiger partial charge in [-0.25, -0.2) is 0 Å². The molecule has 2 heterocycles. The monoisotopic (exact) mass is 393 g/mol. The lowest BCUT2D eigenvalue weighted by Crippen LogP contribution is -2.55. The summed E-state index contributed by atoms with van der Waals surface area (Å²) >= 11 is 0. The first-order chi connectivity index (χ1) is 13.9. The molecule has 150 valence electrons. The molecule has 1 atom stereocenters. The lowest BCUT2D eigenvalue weighted by molar-refractivity contribution is -0.143. The van der Waals surface area contributed by atoms with Gasteiger partial charge < -0.3 is 19.9 Å². The quantitative estimate of drug-likeness (QED) is 0.480. The van der Waals surface area contributed by atoms with Crippen LogP contribution in [0.25, 0.3) is 0 Å². The average molecular weight is 393 g/mol. The normalized spacial score (nSPS) is 18.3. The standard InChI is InChI=1S/C22H23N3O4/c1-14-3-7-18(8-4-14)25-10-9-24(13-15(25)2)22(28)21(27)23-17-6-5-16-11-20(26)29-19(16)12-17/h3-8,12,15H,9-11,13H2,1-2H3,(H,23,27)/t15-/m1/s1. The Kier molecular flexibility index (Phi) is 4.96. The predicted molar refractivity (Wildman–Crippen MR) is 109 cm³/mol. The predicted octanol–water partition coefficient (Wildman–Crippen LogP) is 2.13. The zero-order valence-corrected chi connectivity index (χ0v) is 16.5. The van der Waals surface area contributed by atoms with E-state index in [2.05, 4.69) is 34.5 Å². The van der Waals surface area contributed by atoms with Gasteiger partial charge in [-0.05, 0) is 32.0 Å². The van der Waals surface area contributed by atoms with E-state index >= 15 is 0 Å². The zero-order valence-electron chi connectivity index (χ0n) is 16.5. The topological polar surface area (TPSA) is 79.0 Å². The van der Waals surface area contributed by atoms with Crippen molar-refractivity contribution in [3.63, 3.8) is 0 Å². The summed E-state index contributed by atoms with van der Waals surface area (Å²) in [5, 5.41) is 2.61. The van der Waals surface area contributed by atoms with E-state index < -0.39 is 11.8 Å². The number of aryl methyl sites for hydroxylation is 1. The summed E-state index contributed by atoms with van der Waals surface area (Å²) in [4.78, 5) is 40.3. The third kappa shape index (κ3) is 3.94. The van der Waals surface area contributed by atoms with Crippen LogP contribution in [0.1, 0.15) is 18.1 Å². The fourth-order valence-electron chi connectivity index (χ4n) is 3.78. The number of esters is 1. The van der Waals surface area contributed by atoms with Gasteiger partial charge in [-0.3, -0.25) is 14.4 Å². The summed E-state index contributed by atoms with van der Waals surface area (Å²) in [6.45, 7) is 5.71. The van der Waals surface area contributed by atoms with Gasteiger partial charge >= 0.3 is 17.8 Å². The van der Waals surface area contributed by atoms with E-state index in [0.29, 0.717) is 31.1 Å². The van der Waals surface area contributed by atoms with Crippen molar-refractivity contribution in [2.24, 2.45) is 0 Å². The molecule has 1 N–H and O–H groups in total. The highest BCUT2D eigenvalue weighted by atomic mass is 16.5. The fraction of sp³-hybridized carbons (Fsp3) is 0.318. The second-order valence-corrected chi connectivity index (χ2v) is 7.56. The Hall–Kier alpha value is -3.35. The molecule has 0 aliphatic carbocycles. The Labute approximate surface area is 169 Å². The number of nitrogens with zero attached hydrogens (tertiary/aromatic N) is 2. The summed E-state index contributed by atoms with van der Waals surface area (Å²) in [5.41, 5.74) is 3.53. The molecule has 0 unspecified atom stereocenters. The summed E-state index contributed by atoms with van der Waals surface area (Å²) in [7, 11) is 0. The van der Waals surface area contributed by atoms with Crippen LogP contribution in [-0.4, -0.2) is 48.4 Å². The van der Waals surface area contributed by atoms with Crippen LogP contribution in [0.3, 0.4) is 0 Å². The Morgan fingerprint density at radius 2 is 1.86 bits per heavy atom. The molecule has 2 amide bonds. The van der Waals surface area contributed by atoms with E-state index in [4.69, 9.17) is 4.74 Å². The van der Waals surface area contributed by atoms with Crippen LogP contribution in [0.4, 0.5) is 11.4 Å². The highest BCUT2D eigenvalue weighted by molar-refractivity contribution is 6.39. The molecule has 0 saturated carbocycles. The van der Waals surface area contributed by atoms with Crippen LogP contribution in [0.15, 0.2) is 42.5 Å². The molecule has 2 aliphatic heterocycles. The van der Waals surface area contributed by atoms with Crippen molar-refractivity contribution in [1.29, 1.82) is 0 Å². The molecule has 0 bridgehead atoms. The number of carbonyl (C=O) groups is 3. The number of amides is 2. The Morgan fingerprint density at radius 3 is 2.59 bits per heavy atom. The number of rotatable bonds is 2. The van der Waals surface area contributed by atoms with Gasteiger partial charge in [0, 0.05) is 48.7 Å². The smallest absolute Gasteiger partial charge is 0.315 e. The largest absolute Gasteiger partial charge is 0.426 e. The number of hydrogen-bond acceptors (Lipinski definition) is 5. The van der Waals surface area contributed by atoms with Crippen molar-refractivity contribution >= 4 is 29.2 Å². The van der Waals surface area contributed by atoms with Crippen LogP contribution < -0.4 is 15.0 Å². The van der Waals surface area contributed by atoms with Gasteiger partial charge in [0.2, 0.25) is 0 Å². The Balaban J connectivity index is 1.37. The highest BCUT2D eigenvalue weighted by Crippen LogP contribution is 2.29. The molecule has 2 aliphatic rings. The molecule has 0 radical (unpaired) electrons. The van der Waals surface area contributed by atoms with E-state index in [1.165, 1.54) is 5.56 Å². The van der Waals surface area contributed by atoms with Crippen LogP contribution in [-0.2, 0) is 20.8 Å². The number of hydrogen-bond donors (Lipinski definition) is 1. The molecular formula is C22H23N3O4. The van der Waals surface area contributed by atoms with Gasteiger partial charge in [0.15, 0.2) is 0 Å². The fourth-order valence-corrected chi connectivity index (χ4v) is 3.78. The van der Waals surface area contributed by atoms with Gasteiger partial charge in [0.1, 0.15) is 5.75 Å². The molecule has 0 spiro atoms. The molecule has 1 saturated heterocycles. The first-order valence-electron chi connectivity index (χ1n) is 9.68. The minimum Gasteiger partial charge on any atom is -0.426 e. The molecule has 4 rings (SSSR count). The van der Waals surface area contributed by atoms with Crippen LogP contribution in [0.2, 0.25) is 0 Å². The van der Waals surface area contributed by atoms with E-state index in [-0.39, 0.29) is 18.4 Å². The second kappa shape index (κ2) is 7.58. The van der Waals surface area contributed by atoms with Gasteiger partial charge in [0.05, 0.1) is 6.42 Å². The van der Waals surface area contributed by atoms with Crippen LogP contribution >= 0.6 is 0 Å². The lowest BCUT2D eigenvalue weighted by atomic mass is 10.1. The van der Waals surface area contributed by atoms with Crippen molar-refractivity contribution < 1.29 is 19.1 Å². The third-order valence-corrected chi connectivity index (χ3v) is 5.36. The van der Waals surface area contributed by atoms with Crippen molar-refractivity contribution in [3.05, 3.63) is 53.6 Å². The van der Waals surface area contributed by atoms with Crippen LogP contribution in [0, 0.1) is 6.92 Å². The molecule has 1 fully saturated rings. The SMILES string of the molecule is Cc1ccc(N2CCN(C(=O)C(=O)Nc3ccc4c(c3)OC(=O)C4)C[C@H]2C)cc1. The highest BCUT2D eigenvalue weighted by Gasteiger charge is 2.30. The number of nitrogens with one attached hydrogen (secondary N) is 1. The van der Waals surface area contributed by atoms with E-state index in [0.717, 1.165) is 11.3 Å². The summed E-state index contributed by atoms with van der Waals surface area (Å²) < 4.78 is 5.09. The van der Waals surface area contributed by atoms with Gasteiger partial charge in [-0.2, -0.15) is 0 Å². The van der Waals surface area contributed by atoms with Crippen molar-refractivity contribution in [1.82, 2.24) is 4.90 Å². The summed E-state index contributed by atoms with van der Waals surface area (Å²) in [5.74, 6) is -1.14. The lowest BCUT2D eigenvalue weighted by Gasteiger charge is -2.41. The van der Waals surface area contributed by atoms with Gasteiger partial charge in [-0.15, -0.1) is 0 Å². The van der Waals surface area contributed by atoms with Crippen LogP contribution in [0.5, 0.6) is 5.75 Å². The number of piperazine rings is 1. The van der Waals surface area contributed by atoms with Crippen molar-refractivity contribution in [3.8, 4) is 5.75 Å². The Bertz CT molecular complexity index is 971. The number of anilines is 2. The minimum atomic E-state index is -0.690. The molecule has 29 heavy (non-hydrogen) atoms. The number of ether oxygens (including phenoxy) is 1. The molecule has 2 aromatic rings. The maximum absolute atomic E-state index is 12.6. The first kappa shape index (κ1) is 19.0. The third-order valence-electron chi connectivity index (χ3n) is 5.36.